The zero-order chi connectivity index (χ0) is 19.7. The smallest absolute Gasteiger partial charge is 0.301 e. The Kier molecular flexibility index (Phi) is 17.2. The predicted octanol–water partition coefficient (Wildman–Crippen LogP) is 6.92. The quantitative estimate of drug-likeness (QED) is 0.108. The van der Waals surface area contributed by atoms with E-state index in [1.807, 2.05) is 13.8 Å². The molecule has 0 radical (unpaired) electrons. The highest BCUT2D eigenvalue weighted by Crippen LogP contribution is 2.37. The van der Waals surface area contributed by atoms with Crippen LogP contribution in [0.2, 0.25) is 0 Å². The van der Waals surface area contributed by atoms with E-state index in [9.17, 15) is 4.57 Å². The fourth-order valence-electron chi connectivity index (χ4n) is 3.16. The number of phosphoric acid groups is 1. The molecule has 0 amide bonds. The van der Waals surface area contributed by atoms with Gasteiger partial charge >= 0.3 is 7.82 Å². The summed E-state index contributed by atoms with van der Waals surface area (Å²) in [4.78, 5) is 22.5. The van der Waals surface area contributed by atoms with Crippen molar-refractivity contribution in [3.63, 3.8) is 0 Å². The van der Waals surface area contributed by atoms with E-state index in [1.165, 1.54) is 70.6 Å². The van der Waals surface area contributed by atoms with Gasteiger partial charge in [-0.2, -0.15) is 0 Å². The Morgan fingerprint density at radius 1 is 0.769 bits per heavy atom. The van der Waals surface area contributed by atoms with Crippen molar-refractivity contribution in [3.8, 4) is 0 Å². The molecule has 0 saturated carbocycles. The largest absolute Gasteiger partial charge is 0.496 e. The number of unbranched alkanes of at least 4 members (excludes halogenated alkanes) is 12. The van der Waals surface area contributed by atoms with Crippen LogP contribution < -0.4 is 0 Å². The maximum atomic E-state index is 10.8. The molecular weight excluding hydrogens is 351 g/mol. The first kappa shape index (κ1) is 26.1. The van der Waals surface area contributed by atoms with Crippen LogP contribution in [0.4, 0.5) is 0 Å². The number of hydrogen-bond donors (Lipinski definition) is 2. The van der Waals surface area contributed by atoms with Crippen LogP contribution in [0, 0.1) is 5.92 Å². The molecule has 2 unspecified atom stereocenters. The summed E-state index contributed by atoms with van der Waals surface area (Å²) in [5, 5.41) is 0. The first-order chi connectivity index (χ1) is 12.4. The summed E-state index contributed by atoms with van der Waals surface area (Å²) in [7, 11) is -4.56. The third-order valence-corrected chi connectivity index (χ3v) is 5.41. The summed E-state index contributed by atoms with van der Waals surface area (Å²) in [5.41, 5.74) is 0. The molecule has 0 aliphatic carbocycles. The van der Waals surface area contributed by atoms with Gasteiger partial charge in [-0.3, -0.25) is 0 Å². The van der Waals surface area contributed by atoms with Crippen LogP contribution in [0.1, 0.15) is 117 Å². The Morgan fingerprint density at radius 2 is 1.19 bits per heavy atom. The molecule has 0 fully saturated rings. The second-order valence-electron chi connectivity index (χ2n) is 7.62. The fourth-order valence-corrected chi connectivity index (χ4v) is 3.39. The third-order valence-electron chi connectivity index (χ3n) is 5.13. The fraction of sp³-hybridized carbons (Fsp3) is 1.00. The summed E-state index contributed by atoms with van der Waals surface area (Å²) in [6, 6.07) is 0. The molecule has 6 heteroatoms. The van der Waals surface area contributed by atoms with Crippen LogP contribution >= 0.6 is 7.82 Å². The average molecular weight is 395 g/mol. The highest BCUT2D eigenvalue weighted by atomic mass is 31.2. The molecule has 0 spiro atoms. The van der Waals surface area contributed by atoms with Crippen LogP contribution in [0.5, 0.6) is 0 Å². The van der Waals surface area contributed by atoms with Crippen LogP contribution in [-0.2, 0) is 14.1 Å². The minimum atomic E-state index is -4.56. The number of rotatable bonds is 19. The van der Waals surface area contributed by atoms with Gasteiger partial charge < -0.3 is 9.79 Å². The molecule has 5 nitrogen and oxygen atoms in total. The van der Waals surface area contributed by atoms with Gasteiger partial charge in [0.05, 0.1) is 6.10 Å². The second kappa shape index (κ2) is 17.2. The molecule has 0 saturated heterocycles. The topological polar surface area (TPSA) is 76.0 Å². The van der Waals surface area contributed by atoms with E-state index in [0.717, 1.165) is 25.7 Å². The molecule has 0 heterocycles. The molecular formula is C20H43O5P. The molecule has 0 aromatic carbocycles. The lowest BCUT2D eigenvalue weighted by Crippen LogP contribution is -2.21. The lowest BCUT2D eigenvalue weighted by molar-refractivity contribution is -0.270. The Hall–Kier alpha value is 0.0700. The molecule has 0 aliphatic heterocycles. The highest BCUT2D eigenvalue weighted by Gasteiger charge is 2.23. The van der Waals surface area contributed by atoms with Crippen LogP contribution in [0.15, 0.2) is 0 Å². The van der Waals surface area contributed by atoms with Gasteiger partial charge in [0, 0.05) is 0 Å². The van der Waals surface area contributed by atoms with E-state index in [4.69, 9.17) is 14.7 Å². The Bertz CT molecular complexity index is 345. The maximum Gasteiger partial charge on any atom is 0.496 e. The summed E-state index contributed by atoms with van der Waals surface area (Å²) < 4.78 is 15.0. The molecule has 2 N–H and O–H groups in total. The minimum Gasteiger partial charge on any atom is -0.301 e. The van der Waals surface area contributed by atoms with Gasteiger partial charge in [-0.15, -0.1) is 4.67 Å². The SMILES string of the molecule is CCCCCCCCCCCCCCCC(OOP(=O)(O)O)C(C)CC. The summed E-state index contributed by atoms with van der Waals surface area (Å²) in [6.45, 7) is 6.33. The zero-order valence-electron chi connectivity index (χ0n) is 17.3. The summed E-state index contributed by atoms with van der Waals surface area (Å²) >= 11 is 0. The van der Waals surface area contributed by atoms with E-state index in [-0.39, 0.29) is 12.0 Å². The monoisotopic (exact) mass is 394 g/mol. The van der Waals surface area contributed by atoms with E-state index in [0.29, 0.717) is 0 Å². The lowest BCUT2D eigenvalue weighted by atomic mass is 9.96. The van der Waals surface area contributed by atoms with E-state index < -0.39 is 7.82 Å². The zero-order valence-corrected chi connectivity index (χ0v) is 18.2. The van der Waals surface area contributed by atoms with Gasteiger partial charge in [0.25, 0.3) is 0 Å². The standard InChI is InChI=1S/C20H43O5P/c1-4-6-7-8-9-10-11-12-13-14-15-16-17-18-20(19(3)5-2)24-25-26(21,22)23/h19-20H,4-18H2,1-3H3,(H2,21,22,23). The molecule has 0 aromatic heterocycles. The lowest BCUT2D eigenvalue weighted by Gasteiger charge is -2.22. The molecule has 0 bridgehead atoms. The van der Waals surface area contributed by atoms with Crippen LogP contribution in [-0.4, -0.2) is 15.9 Å². The third kappa shape index (κ3) is 17.5. The van der Waals surface area contributed by atoms with Crippen molar-refractivity contribution in [3.05, 3.63) is 0 Å². The summed E-state index contributed by atoms with van der Waals surface area (Å²) in [5.74, 6) is 0.221. The minimum absolute atomic E-state index is 0.221. The molecule has 0 aromatic rings. The van der Waals surface area contributed by atoms with Crippen LogP contribution in [0.3, 0.4) is 0 Å². The molecule has 26 heavy (non-hydrogen) atoms. The van der Waals surface area contributed by atoms with Crippen molar-refractivity contribution in [2.45, 2.75) is 123 Å². The van der Waals surface area contributed by atoms with Crippen molar-refractivity contribution in [2.75, 3.05) is 0 Å². The Balaban J connectivity index is 3.56. The predicted molar refractivity (Wildman–Crippen MR) is 108 cm³/mol. The normalized spacial score (nSPS) is 14.5. The maximum absolute atomic E-state index is 10.8. The van der Waals surface area contributed by atoms with Gasteiger partial charge in [-0.25, -0.2) is 9.45 Å². The highest BCUT2D eigenvalue weighted by molar-refractivity contribution is 7.46. The first-order valence-electron chi connectivity index (χ1n) is 10.8. The average Bonchev–Trinajstić information content (AvgIpc) is 2.60. The van der Waals surface area contributed by atoms with Crippen molar-refractivity contribution < 1.29 is 23.9 Å². The van der Waals surface area contributed by atoms with Crippen LogP contribution in [0.25, 0.3) is 0 Å². The van der Waals surface area contributed by atoms with Gasteiger partial charge in [0.1, 0.15) is 0 Å². The van der Waals surface area contributed by atoms with Crippen molar-refractivity contribution in [2.24, 2.45) is 5.92 Å². The van der Waals surface area contributed by atoms with Gasteiger partial charge in [0.15, 0.2) is 0 Å². The van der Waals surface area contributed by atoms with Crippen molar-refractivity contribution >= 4 is 7.82 Å². The second-order valence-corrected chi connectivity index (χ2v) is 8.75. The number of hydrogen-bond acceptors (Lipinski definition) is 3. The molecule has 0 aliphatic rings. The summed E-state index contributed by atoms with van der Waals surface area (Å²) in [6.07, 6.45) is 18.4. The first-order valence-corrected chi connectivity index (χ1v) is 12.3. The van der Waals surface area contributed by atoms with Gasteiger partial charge in [-0.05, 0) is 12.3 Å². The van der Waals surface area contributed by atoms with Crippen molar-refractivity contribution in [1.29, 1.82) is 0 Å². The van der Waals surface area contributed by atoms with E-state index >= 15 is 0 Å². The molecule has 2 atom stereocenters. The Labute approximate surface area is 161 Å². The van der Waals surface area contributed by atoms with E-state index in [2.05, 4.69) is 11.6 Å². The van der Waals surface area contributed by atoms with Gasteiger partial charge in [0.2, 0.25) is 0 Å². The van der Waals surface area contributed by atoms with Gasteiger partial charge in [-0.1, -0.05) is 111 Å². The van der Waals surface area contributed by atoms with E-state index in [1.54, 1.807) is 0 Å². The molecule has 0 rings (SSSR count). The Morgan fingerprint density at radius 3 is 1.58 bits per heavy atom. The van der Waals surface area contributed by atoms with Crippen molar-refractivity contribution in [1.82, 2.24) is 0 Å². The molecule has 158 valence electrons.